The number of urea groups is 1. The van der Waals surface area contributed by atoms with Crippen molar-refractivity contribution in [2.24, 2.45) is 10.7 Å². The second-order valence-electron chi connectivity index (χ2n) is 7.14. The minimum Gasteiger partial charge on any atom is -0.368 e. The largest absolute Gasteiger partial charge is 0.434 e. The minimum atomic E-state index is -4.76. The van der Waals surface area contributed by atoms with E-state index in [2.05, 4.69) is 15.3 Å². The number of thiazole rings is 1. The van der Waals surface area contributed by atoms with Crippen molar-refractivity contribution in [2.45, 2.75) is 32.0 Å². The van der Waals surface area contributed by atoms with Crippen LogP contribution in [0.1, 0.15) is 34.5 Å². The summed E-state index contributed by atoms with van der Waals surface area (Å²) in [6.07, 6.45) is -3.62. The first-order valence-corrected chi connectivity index (χ1v) is 10.1. The number of carbonyl (C=O) groups is 3. The van der Waals surface area contributed by atoms with Gasteiger partial charge in [0.05, 0.1) is 16.1 Å². The number of amides is 4. The molecule has 3 N–H and O–H groups in total. The molecule has 0 bridgehead atoms. The van der Waals surface area contributed by atoms with Gasteiger partial charge in [0.2, 0.25) is 5.91 Å². The van der Waals surface area contributed by atoms with Crippen LogP contribution in [0.4, 0.5) is 23.1 Å². The maximum atomic E-state index is 13.2. The normalized spacial score (nSPS) is 18.2. The lowest BCUT2D eigenvalue weighted by Crippen LogP contribution is -2.45. The second kappa shape index (κ2) is 7.45. The molecule has 1 fully saturated rings. The molecule has 12 heteroatoms. The van der Waals surface area contributed by atoms with Crippen LogP contribution < -0.4 is 11.1 Å². The Bertz CT molecular complexity index is 1140. The van der Waals surface area contributed by atoms with E-state index >= 15 is 0 Å². The third kappa shape index (κ3) is 3.78. The molecule has 0 aliphatic carbocycles. The highest BCUT2D eigenvalue weighted by atomic mass is 32.1. The molecule has 2 aromatic rings. The van der Waals surface area contributed by atoms with Gasteiger partial charge in [0.1, 0.15) is 6.04 Å². The van der Waals surface area contributed by atoms with Crippen molar-refractivity contribution in [2.75, 3.05) is 11.9 Å². The number of fused-ring (bicyclic) bond motifs is 1. The third-order valence-corrected chi connectivity index (χ3v) is 6.22. The quantitative estimate of drug-likeness (QED) is 0.746. The Morgan fingerprint density at radius 2 is 2.03 bits per heavy atom. The average molecular weight is 451 g/mol. The maximum Gasteiger partial charge on any atom is 0.434 e. The number of hydrogen-bond donors (Lipinski definition) is 2. The number of anilines is 1. The number of benzene rings is 1. The Labute approximate surface area is 178 Å². The first-order valence-electron chi connectivity index (χ1n) is 9.25. The first kappa shape index (κ1) is 21.0. The van der Waals surface area contributed by atoms with Crippen LogP contribution in [0.2, 0.25) is 0 Å². The highest BCUT2D eigenvalue weighted by Crippen LogP contribution is 2.37. The molecule has 162 valence electrons. The van der Waals surface area contributed by atoms with Crippen molar-refractivity contribution in [3.63, 3.8) is 0 Å². The summed E-state index contributed by atoms with van der Waals surface area (Å²) in [5.41, 5.74) is 4.61. The van der Waals surface area contributed by atoms with Crippen molar-refractivity contribution in [3.05, 3.63) is 35.0 Å². The number of aryl methyl sites for hydroxylation is 1. The Morgan fingerprint density at radius 3 is 2.71 bits per heavy atom. The molecule has 8 nitrogen and oxygen atoms in total. The molecule has 0 spiro atoms. The summed E-state index contributed by atoms with van der Waals surface area (Å²) in [7, 11) is 0. The van der Waals surface area contributed by atoms with E-state index in [1.165, 1.54) is 23.1 Å². The zero-order chi connectivity index (χ0) is 22.5. The van der Waals surface area contributed by atoms with Gasteiger partial charge in [-0.2, -0.15) is 13.2 Å². The Kier molecular flexibility index (Phi) is 5.04. The number of halogens is 3. The van der Waals surface area contributed by atoms with E-state index in [9.17, 15) is 27.6 Å². The summed E-state index contributed by atoms with van der Waals surface area (Å²) in [6, 6.07) is 2.86. The minimum absolute atomic E-state index is 0.113. The third-order valence-electron chi connectivity index (χ3n) is 5.10. The van der Waals surface area contributed by atoms with Crippen molar-refractivity contribution in [1.29, 1.82) is 0 Å². The lowest BCUT2D eigenvalue weighted by Gasteiger charge is -2.21. The molecule has 1 aromatic carbocycles. The molecule has 0 saturated carbocycles. The van der Waals surface area contributed by atoms with Crippen molar-refractivity contribution in [3.8, 4) is 10.4 Å². The molecule has 4 amide bonds. The van der Waals surface area contributed by atoms with Crippen molar-refractivity contribution in [1.82, 2.24) is 9.88 Å². The lowest BCUT2D eigenvalue weighted by atomic mass is 10.0. The maximum absolute atomic E-state index is 13.2. The monoisotopic (exact) mass is 451 g/mol. The topological polar surface area (TPSA) is 118 Å². The number of alkyl halides is 3. The number of hydrogen-bond acceptors (Lipinski definition) is 5. The zero-order valence-electron chi connectivity index (χ0n) is 16.1. The van der Waals surface area contributed by atoms with E-state index in [1.54, 1.807) is 6.92 Å². The average Bonchev–Trinajstić information content (AvgIpc) is 3.38. The fraction of sp³-hybridized carbons (Fsp3) is 0.316. The number of nitrogens with zero attached hydrogens (tertiary/aromatic N) is 3. The first-order chi connectivity index (χ1) is 14.6. The van der Waals surface area contributed by atoms with Crippen LogP contribution in [0, 0.1) is 6.92 Å². The molecule has 2 aliphatic heterocycles. The number of nitrogens with one attached hydrogen (secondary N) is 1. The Balaban J connectivity index is 1.61. The fourth-order valence-electron chi connectivity index (χ4n) is 3.69. The molecule has 0 unspecified atom stereocenters. The van der Waals surface area contributed by atoms with E-state index in [0.29, 0.717) is 35.5 Å². The Hall–Kier alpha value is -3.28. The molecular formula is C19H16F3N5O3S. The molecule has 31 heavy (non-hydrogen) atoms. The summed E-state index contributed by atoms with van der Waals surface area (Å²) >= 11 is 1.07. The van der Waals surface area contributed by atoms with Crippen LogP contribution >= 0.6 is 11.3 Å². The summed E-state index contributed by atoms with van der Waals surface area (Å²) in [4.78, 5) is 45.1. The Morgan fingerprint density at radius 1 is 1.29 bits per heavy atom. The van der Waals surface area contributed by atoms with Crippen LogP contribution in [0.25, 0.3) is 10.4 Å². The summed E-state index contributed by atoms with van der Waals surface area (Å²) in [5.74, 6) is -1.52. The fourth-order valence-corrected chi connectivity index (χ4v) is 4.65. The molecule has 3 heterocycles. The van der Waals surface area contributed by atoms with Crippen LogP contribution in [0.5, 0.6) is 0 Å². The summed E-state index contributed by atoms with van der Waals surface area (Å²) in [5, 5.41) is 2.85. The predicted octanol–water partition coefficient (Wildman–Crippen LogP) is 3.11. The standard InChI is InChI=1S/C19H16F3N5O3S/c1-8-13(9-4-5-10-11(7-9)14(19(20,21)22)25-16(10)29)31-17(24-8)26-18(30)27-6-2-3-12(27)15(23)28/h4-5,7,12H,2-3,6H2,1H3,(H2,23,28)(H,24,26,30)/t12-/m0/s1. The van der Waals surface area contributed by atoms with Gasteiger partial charge in [0, 0.05) is 12.1 Å². The SMILES string of the molecule is Cc1nc(NC(=O)N2CCC[C@H]2C(N)=O)sc1-c1ccc2c(c1)C(C(F)(F)F)=NC2=O. The molecule has 1 saturated heterocycles. The molecule has 4 rings (SSSR count). The zero-order valence-corrected chi connectivity index (χ0v) is 16.9. The van der Waals surface area contributed by atoms with E-state index in [0.717, 1.165) is 11.3 Å². The number of likely N-dealkylation sites (tertiary alicyclic amines) is 1. The van der Waals surface area contributed by atoms with Crippen LogP contribution in [0.15, 0.2) is 23.2 Å². The van der Waals surface area contributed by atoms with Gasteiger partial charge in [0.25, 0.3) is 5.91 Å². The molecule has 1 aromatic heterocycles. The van der Waals surface area contributed by atoms with Gasteiger partial charge in [0.15, 0.2) is 10.8 Å². The predicted molar refractivity (Wildman–Crippen MR) is 107 cm³/mol. The number of aromatic nitrogens is 1. The van der Waals surface area contributed by atoms with E-state index in [-0.39, 0.29) is 16.3 Å². The number of rotatable bonds is 3. The van der Waals surface area contributed by atoms with E-state index in [1.807, 2.05) is 0 Å². The van der Waals surface area contributed by atoms with Gasteiger partial charge in [-0.25, -0.2) is 14.8 Å². The number of primary amides is 1. The van der Waals surface area contributed by atoms with E-state index in [4.69, 9.17) is 5.73 Å². The number of nitrogens with two attached hydrogens (primary N) is 1. The highest BCUT2D eigenvalue weighted by Gasteiger charge is 2.42. The highest BCUT2D eigenvalue weighted by molar-refractivity contribution is 7.19. The van der Waals surface area contributed by atoms with E-state index < -0.39 is 35.8 Å². The van der Waals surface area contributed by atoms with Gasteiger partial charge in [-0.05, 0) is 37.5 Å². The number of aliphatic imine (C=N–C) groups is 1. The smallest absolute Gasteiger partial charge is 0.368 e. The molecular weight excluding hydrogens is 435 g/mol. The van der Waals surface area contributed by atoms with Gasteiger partial charge in [-0.1, -0.05) is 17.4 Å². The second-order valence-corrected chi connectivity index (χ2v) is 8.14. The summed E-state index contributed by atoms with van der Waals surface area (Å²) < 4.78 is 39.7. The molecule has 1 atom stereocenters. The lowest BCUT2D eigenvalue weighted by molar-refractivity contribution is -0.121. The summed E-state index contributed by atoms with van der Waals surface area (Å²) in [6.45, 7) is 2.04. The van der Waals surface area contributed by atoms with Crippen LogP contribution in [-0.4, -0.2) is 52.2 Å². The van der Waals surface area contributed by atoms with Gasteiger partial charge in [-0.15, -0.1) is 0 Å². The van der Waals surface area contributed by atoms with Crippen molar-refractivity contribution >= 4 is 40.0 Å². The van der Waals surface area contributed by atoms with Gasteiger partial charge >= 0.3 is 12.2 Å². The number of carbonyl (C=O) groups excluding carboxylic acids is 3. The molecule has 0 radical (unpaired) electrons. The molecule has 2 aliphatic rings. The van der Waals surface area contributed by atoms with Gasteiger partial charge in [-0.3, -0.25) is 14.9 Å². The van der Waals surface area contributed by atoms with Gasteiger partial charge < -0.3 is 10.6 Å². The van der Waals surface area contributed by atoms with Crippen LogP contribution in [0.3, 0.4) is 0 Å². The van der Waals surface area contributed by atoms with Crippen LogP contribution in [-0.2, 0) is 4.79 Å². The van der Waals surface area contributed by atoms with Crippen molar-refractivity contribution < 1.29 is 27.6 Å².